The van der Waals surface area contributed by atoms with Crippen molar-refractivity contribution in [2.75, 3.05) is 11.9 Å². The van der Waals surface area contributed by atoms with E-state index in [-0.39, 0.29) is 28.7 Å². The Labute approximate surface area is 248 Å². The van der Waals surface area contributed by atoms with Crippen LogP contribution in [0.3, 0.4) is 0 Å². The SMILES string of the molecule is CCOC(=O)C1=CC2CCC(C(=O)c3ccc(NC(=O)c4cc5c(nc4Cl)CCCC5)cc3)N=C3C=CC=CC32S1. The van der Waals surface area contributed by atoms with Gasteiger partial charge in [0.25, 0.3) is 5.91 Å². The van der Waals surface area contributed by atoms with Crippen LogP contribution in [-0.2, 0) is 22.4 Å². The molecule has 7 nitrogen and oxygen atoms in total. The summed E-state index contributed by atoms with van der Waals surface area (Å²) in [7, 11) is 0. The Morgan fingerprint density at radius 3 is 2.73 bits per heavy atom. The van der Waals surface area contributed by atoms with Crippen molar-refractivity contribution < 1.29 is 19.1 Å². The van der Waals surface area contributed by atoms with E-state index in [1.165, 1.54) is 11.8 Å². The van der Waals surface area contributed by atoms with Crippen molar-refractivity contribution in [2.45, 2.75) is 56.2 Å². The number of nitrogens with zero attached hydrogens (tertiary/aromatic N) is 2. The summed E-state index contributed by atoms with van der Waals surface area (Å²) in [5, 5.41) is 3.09. The van der Waals surface area contributed by atoms with Gasteiger partial charge >= 0.3 is 5.97 Å². The third-order valence-electron chi connectivity index (χ3n) is 8.04. The van der Waals surface area contributed by atoms with Gasteiger partial charge in [0, 0.05) is 22.9 Å². The Morgan fingerprint density at radius 1 is 1.12 bits per heavy atom. The number of hydrogen-bond acceptors (Lipinski definition) is 7. The minimum absolute atomic E-state index is 0.0344. The molecule has 0 saturated heterocycles. The first-order valence-electron chi connectivity index (χ1n) is 14.0. The molecule has 3 heterocycles. The van der Waals surface area contributed by atoms with Gasteiger partial charge in [-0.2, -0.15) is 0 Å². The standard InChI is InChI=1S/C32H30ClN3O4S/c1-2-40-31(39)26-18-21-12-15-25(35-27-9-5-6-16-32(21,27)41-26)28(37)19-10-13-22(14-11-19)34-30(38)23-17-20-7-3-4-8-24(20)36-29(23)33/h5-6,9-11,13-14,16-18,21,25H,2-4,7-8,12,15H2,1H3,(H,34,38). The van der Waals surface area contributed by atoms with E-state index in [9.17, 15) is 14.4 Å². The van der Waals surface area contributed by atoms with Crippen molar-refractivity contribution in [2.24, 2.45) is 10.9 Å². The highest BCUT2D eigenvalue weighted by Crippen LogP contribution is 2.52. The number of thioether (sulfide) groups is 1. The summed E-state index contributed by atoms with van der Waals surface area (Å²) in [6.07, 6.45) is 15.1. The zero-order chi connectivity index (χ0) is 28.6. The topological polar surface area (TPSA) is 97.7 Å². The molecule has 3 atom stereocenters. The van der Waals surface area contributed by atoms with E-state index in [2.05, 4.69) is 16.4 Å². The minimum atomic E-state index is -0.538. The molecular weight excluding hydrogens is 558 g/mol. The van der Waals surface area contributed by atoms with Crippen molar-refractivity contribution in [3.63, 3.8) is 0 Å². The number of carbonyl (C=O) groups excluding carboxylic acids is 3. The van der Waals surface area contributed by atoms with Crippen LogP contribution < -0.4 is 5.32 Å². The second-order valence-electron chi connectivity index (χ2n) is 10.6. The van der Waals surface area contributed by atoms with Gasteiger partial charge in [-0.25, -0.2) is 9.78 Å². The van der Waals surface area contributed by atoms with E-state index in [4.69, 9.17) is 21.3 Å². The van der Waals surface area contributed by atoms with Gasteiger partial charge in [0.15, 0.2) is 5.78 Å². The Hall–Kier alpha value is -3.49. The molecule has 9 heteroatoms. The summed E-state index contributed by atoms with van der Waals surface area (Å²) in [5.74, 6) is -0.679. The second-order valence-corrected chi connectivity index (χ2v) is 12.3. The third kappa shape index (κ3) is 5.31. The first kappa shape index (κ1) is 27.7. The van der Waals surface area contributed by atoms with Gasteiger partial charge in [0.2, 0.25) is 0 Å². The molecule has 1 aromatic carbocycles. The summed E-state index contributed by atoms with van der Waals surface area (Å²) in [6.45, 7) is 2.12. The van der Waals surface area contributed by atoms with Gasteiger partial charge in [0.1, 0.15) is 11.2 Å². The van der Waals surface area contributed by atoms with Crippen LogP contribution >= 0.6 is 23.4 Å². The van der Waals surface area contributed by atoms with Gasteiger partial charge < -0.3 is 10.1 Å². The van der Waals surface area contributed by atoms with Gasteiger partial charge in [-0.1, -0.05) is 35.9 Å². The summed E-state index contributed by atoms with van der Waals surface area (Å²) < 4.78 is 4.74. The lowest BCUT2D eigenvalue weighted by molar-refractivity contribution is -0.137. The minimum Gasteiger partial charge on any atom is -0.462 e. The van der Waals surface area contributed by atoms with E-state index in [1.807, 2.05) is 30.4 Å². The van der Waals surface area contributed by atoms with Crippen LogP contribution in [0.25, 0.3) is 0 Å². The third-order valence-corrected chi connectivity index (χ3v) is 9.84. The Kier molecular flexibility index (Phi) is 7.70. The molecule has 1 spiro atoms. The van der Waals surface area contributed by atoms with Gasteiger partial charge in [0.05, 0.1) is 27.5 Å². The molecule has 0 bridgehead atoms. The quantitative estimate of drug-likeness (QED) is 0.241. The predicted octanol–water partition coefficient (Wildman–Crippen LogP) is 6.33. The number of aromatic nitrogens is 1. The zero-order valence-electron chi connectivity index (χ0n) is 22.7. The number of benzene rings is 1. The van der Waals surface area contributed by atoms with Crippen LogP contribution in [0, 0.1) is 5.92 Å². The molecule has 4 aliphatic rings. The number of halogens is 1. The number of allylic oxidation sites excluding steroid dienone is 4. The average Bonchev–Trinajstić information content (AvgIpc) is 3.26. The highest BCUT2D eigenvalue weighted by molar-refractivity contribution is 8.06. The van der Waals surface area contributed by atoms with E-state index in [0.717, 1.165) is 42.7 Å². The zero-order valence-corrected chi connectivity index (χ0v) is 24.3. The Morgan fingerprint density at radius 2 is 1.93 bits per heavy atom. The average molecular weight is 588 g/mol. The number of nitrogens with one attached hydrogen (secondary N) is 1. The molecule has 6 rings (SSSR count). The maximum atomic E-state index is 13.6. The van der Waals surface area contributed by atoms with Crippen LogP contribution in [0.4, 0.5) is 5.69 Å². The molecule has 41 heavy (non-hydrogen) atoms. The molecule has 3 unspecified atom stereocenters. The van der Waals surface area contributed by atoms with Gasteiger partial charge in [-0.3, -0.25) is 14.6 Å². The summed E-state index contributed by atoms with van der Waals surface area (Å²) in [4.78, 5) is 49.0. The van der Waals surface area contributed by atoms with E-state index in [1.54, 1.807) is 31.2 Å². The fourth-order valence-electron chi connectivity index (χ4n) is 5.95. The summed E-state index contributed by atoms with van der Waals surface area (Å²) >= 11 is 7.81. The fraction of sp³-hybridized carbons (Fsp3) is 0.344. The number of fused-ring (bicyclic) bond motifs is 1. The van der Waals surface area contributed by atoms with Crippen LogP contribution in [0.2, 0.25) is 5.15 Å². The number of amides is 1. The fourth-order valence-corrected chi connectivity index (χ4v) is 7.64. The van der Waals surface area contributed by atoms with Crippen LogP contribution in [0.15, 0.2) is 70.6 Å². The molecule has 0 fully saturated rings. The summed E-state index contributed by atoms with van der Waals surface area (Å²) in [6, 6.07) is 8.19. The largest absolute Gasteiger partial charge is 0.462 e. The highest BCUT2D eigenvalue weighted by Gasteiger charge is 2.49. The van der Waals surface area contributed by atoms with Crippen LogP contribution in [0.1, 0.15) is 64.6 Å². The maximum absolute atomic E-state index is 13.6. The van der Waals surface area contributed by atoms with Gasteiger partial charge in [-0.05, 0) is 87.4 Å². The molecule has 2 aromatic rings. The number of ether oxygens (including phenoxy) is 1. The van der Waals surface area contributed by atoms with Crippen LogP contribution in [0.5, 0.6) is 0 Å². The maximum Gasteiger partial charge on any atom is 0.344 e. The Balaban J connectivity index is 1.17. The molecule has 2 aliphatic heterocycles. The smallest absolute Gasteiger partial charge is 0.344 e. The number of hydrogen-bond donors (Lipinski definition) is 1. The van der Waals surface area contributed by atoms with Crippen LogP contribution in [-0.4, -0.2) is 45.8 Å². The number of Topliss-reactive ketones (excluding diaryl/α,β-unsaturated/α-hetero) is 1. The normalized spacial score (nSPS) is 24.2. The number of esters is 1. The predicted molar refractivity (Wildman–Crippen MR) is 162 cm³/mol. The molecular formula is C32H30ClN3O4S. The number of anilines is 1. The van der Waals surface area contributed by atoms with Crippen molar-refractivity contribution >= 4 is 52.4 Å². The number of rotatable bonds is 6. The van der Waals surface area contributed by atoms with Crippen molar-refractivity contribution in [1.29, 1.82) is 0 Å². The lowest BCUT2D eigenvalue weighted by Crippen LogP contribution is -2.37. The molecule has 0 saturated carbocycles. The molecule has 210 valence electrons. The number of aliphatic imine (C=N–C) groups is 1. The number of ketones is 1. The van der Waals surface area contributed by atoms with Gasteiger partial charge in [-0.15, -0.1) is 11.8 Å². The van der Waals surface area contributed by atoms with Crippen molar-refractivity contribution in [3.05, 3.63) is 93.2 Å². The number of carbonyl (C=O) groups is 3. The molecule has 1 amide bonds. The van der Waals surface area contributed by atoms with E-state index >= 15 is 0 Å². The van der Waals surface area contributed by atoms with E-state index < -0.39 is 10.8 Å². The summed E-state index contributed by atoms with van der Waals surface area (Å²) in [5.41, 5.74) is 4.30. The van der Waals surface area contributed by atoms with Crippen molar-refractivity contribution in [3.8, 4) is 0 Å². The molecule has 1 aromatic heterocycles. The first-order valence-corrected chi connectivity index (χ1v) is 15.2. The molecule has 1 N–H and O–H groups in total. The van der Waals surface area contributed by atoms with Crippen molar-refractivity contribution in [1.82, 2.24) is 4.98 Å². The molecule has 0 radical (unpaired) electrons. The highest BCUT2D eigenvalue weighted by atomic mass is 35.5. The van der Waals surface area contributed by atoms with E-state index in [0.29, 0.717) is 41.2 Å². The number of pyridine rings is 1. The lowest BCUT2D eigenvalue weighted by Gasteiger charge is -2.32. The second kappa shape index (κ2) is 11.4. The first-order chi connectivity index (χ1) is 19.9. The number of aryl methyl sites for hydroxylation is 2. The monoisotopic (exact) mass is 587 g/mol. The lowest BCUT2D eigenvalue weighted by atomic mass is 9.82. The Bertz CT molecular complexity index is 1540. The molecule has 2 aliphatic carbocycles.